The smallest absolute Gasteiger partial charge is 0.227 e. The molecule has 1 aliphatic carbocycles. The van der Waals surface area contributed by atoms with E-state index in [-0.39, 0.29) is 11.8 Å². The van der Waals surface area contributed by atoms with Gasteiger partial charge in [0.1, 0.15) is 0 Å². The number of carbonyl (C=O) groups excluding carboxylic acids is 1. The van der Waals surface area contributed by atoms with Gasteiger partial charge in [0, 0.05) is 17.7 Å². The lowest BCUT2D eigenvalue weighted by Gasteiger charge is -2.10. The molecule has 0 unspecified atom stereocenters. The van der Waals surface area contributed by atoms with Crippen LogP contribution < -0.4 is 5.32 Å². The quantitative estimate of drug-likeness (QED) is 0.757. The van der Waals surface area contributed by atoms with Gasteiger partial charge in [-0.15, -0.1) is 0 Å². The minimum Gasteiger partial charge on any atom is -0.505 e. The minimum absolute atomic E-state index is 0.0527. The van der Waals surface area contributed by atoms with E-state index in [1.807, 2.05) is 0 Å². The molecule has 0 heterocycles. The van der Waals surface area contributed by atoms with Gasteiger partial charge in [0.25, 0.3) is 0 Å². The molecule has 1 amide bonds. The molecule has 1 aliphatic rings. The predicted octanol–water partition coefficient (Wildman–Crippen LogP) is 2.66. The Morgan fingerprint density at radius 2 is 2.06 bits per heavy atom. The fourth-order valence-corrected chi connectivity index (χ4v) is 2.02. The highest BCUT2D eigenvalue weighted by molar-refractivity contribution is 5.92. The number of nitrogens with one attached hydrogen (secondary N) is 1. The second kappa shape index (κ2) is 4.51. The Morgan fingerprint density at radius 1 is 1.38 bits per heavy atom. The van der Waals surface area contributed by atoms with Crippen LogP contribution in [-0.2, 0) is 4.79 Å². The van der Waals surface area contributed by atoms with Crippen LogP contribution in [0, 0.1) is 11.7 Å². The van der Waals surface area contributed by atoms with E-state index >= 15 is 0 Å². The van der Waals surface area contributed by atoms with E-state index in [0.29, 0.717) is 5.69 Å². The number of aromatic hydroxyl groups is 1. The van der Waals surface area contributed by atoms with Gasteiger partial charge < -0.3 is 10.4 Å². The van der Waals surface area contributed by atoms with Crippen LogP contribution in [0.15, 0.2) is 18.2 Å². The number of anilines is 1. The minimum atomic E-state index is -0.718. The van der Waals surface area contributed by atoms with E-state index in [2.05, 4.69) is 5.32 Å². The van der Waals surface area contributed by atoms with Gasteiger partial charge >= 0.3 is 0 Å². The lowest BCUT2D eigenvalue weighted by molar-refractivity contribution is -0.119. The molecule has 0 saturated heterocycles. The van der Waals surface area contributed by atoms with Crippen molar-refractivity contribution in [2.75, 3.05) is 5.32 Å². The molecule has 16 heavy (non-hydrogen) atoms. The molecular weight excluding hydrogens is 209 g/mol. The molecule has 1 aromatic carbocycles. The number of phenolic OH excluding ortho intramolecular Hbond substituents is 1. The van der Waals surface area contributed by atoms with Crippen molar-refractivity contribution in [3.63, 3.8) is 0 Å². The van der Waals surface area contributed by atoms with Crippen LogP contribution >= 0.6 is 0 Å². The maximum Gasteiger partial charge on any atom is 0.227 e. The summed E-state index contributed by atoms with van der Waals surface area (Å²) in [6.45, 7) is 0. The number of benzene rings is 1. The number of phenols is 1. The standard InChI is InChI=1S/C12H14FNO2/c13-10-7-9(5-6-11(10)15)14-12(16)8-3-1-2-4-8/h5-8,15H,1-4H2,(H,14,16). The molecule has 4 heteroatoms. The molecule has 1 aromatic rings. The molecule has 0 aromatic heterocycles. The van der Waals surface area contributed by atoms with E-state index < -0.39 is 11.6 Å². The normalized spacial score (nSPS) is 16.3. The number of halogens is 1. The summed E-state index contributed by atoms with van der Waals surface area (Å²) in [7, 11) is 0. The number of hydrogen-bond acceptors (Lipinski definition) is 2. The highest BCUT2D eigenvalue weighted by Crippen LogP contribution is 2.26. The summed E-state index contributed by atoms with van der Waals surface area (Å²) in [5.74, 6) is -1.12. The molecule has 0 spiro atoms. The molecule has 2 N–H and O–H groups in total. The van der Waals surface area contributed by atoms with Crippen molar-refractivity contribution in [2.24, 2.45) is 5.92 Å². The van der Waals surface area contributed by atoms with Crippen LogP contribution in [0.2, 0.25) is 0 Å². The summed E-state index contributed by atoms with van der Waals surface area (Å²) in [4.78, 5) is 11.7. The Kier molecular flexibility index (Phi) is 3.08. The number of hydrogen-bond donors (Lipinski definition) is 2. The maximum absolute atomic E-state index is 13.0. The summed E-state index contributed by atoms with van der Waals surface area (Å²) < 4.78 is 13.0. The van der Waals surface area contributed by atoms with Gasteiger partial charge in [0.15, 0.2) is 11.6 Å². The van der Waals surface area contributed by atoms with Gasteiger partial charge in [-0.1, -0.05) is 12.8 Å². The summed E-state index contributed by atoms with van der Waals surface area (Å²) in [6, 6.07) is 3.85. The molecule has 1 fully saturated rings. The van der Waals surface area contributed by atoms with E-state index in [4.69, 9.17) is 5.11 Å². The zero-order chi connectivity index (χ0) is 11.5. The van der Waals surface area contributed by atoms with Crippen LogP contribution in [0.3, 0.4) is 0 Å². The van der Waals surface area contributed by atoms with Crippen LogP contribution in [0.4, 0.5) is 10.1 Å². The van der Waals surface area contributed by atoms with Crippen LogP contribution in [0.5, 0.6) is 5.75 Å². The fourth-order valence-electron chi connectivity index (χ4n) is 2.02. The molecule has 0 aliphatic heterocycles. The van der Waals surface area contributed by atoms with Crippen molar-refractivity contribution >= 4 is 11.6 Å². The third kappa shape index (κ3) is 2.32. The Morgan fingerprint density at radius 3 is 2.69 bits per heavy atom. The highest BCUT2D eigenvalue weighted by atomic mass is 19.1. The Balaban J connectivity index is 2.02. The van der Waals surface area contributed by atoms with Crippen molar-refractivity contribution in [2.45, 2.75) is 25.7 Å². The van der Waals surface area contributed by atoms with Gasteiger partial charge in [-0.05, 0) is 25.0 Å². The van der Waals surface area contributed by atoms with Crippen molar-refractivity contribution in [3.05, 3.63) is 24.0 Å². The van der Waals surface area contributed by atoms with E-state index in [9.17, 15) is 9.18 Å². The second-order valence-electron chi connectivity index (χ2n) is 4.14. The fraction of sp³-hybridized carbons (Fsp3) is 0.417. The topological polar surface area (TPSA) is 49.3 Å². The van der Waals surface area contributed by atoms with Gasteiger partial charge in [-0.2, -0.15) is 0 Å². The molecule has 0 radical (unpaired) electrons. The molecule has 0 atom stereocenters. The van der Waals surface area contributed by atoms with E-state index in [1.54, 1.807) is 0 Å². The Bertz CT molecular complexity index is 400. The first-order valence-corrected chi connectivity index (χ1v) is 5.46. The molecule has 3 nitrogen and oxygen atoms in total. The average Bonchev–Trinajstić information content (AvgIpc) is 2.77. The SMILES string of the molecule is O=C(Nc1ccc(O)c(F)c1)C1CCCC1. The Hall–Kier alpha value is -1.58. The van der Waals surface area contributed by atoms with Crippen molar-refractivity contribution in [1.82, 2.24) is 0 Å². The summed E-state index contributed by atoms with van der Waals surface area (Å²) >= 11 is 0. The first-order valence-electron chi connectivity index (χ1n) is 5.46. The molecule has 1 saturated carbocycles. The van der Waals surface area contributed by atoms with Crippen LogP contribution in [0.1, 0.15) is 25.7 Å². The predicted molar refractivity (Wildman–Crippen MR) is 58.7 cm³/mol. The van der Waals surface area contributed by atoms with Gasteiger partial charge in [-0.25, -0.2) is 4.39 Å². The summed E-state index contributed by atoms with van der Waals surface area (Å²) in [6.07, 6.45) is 3.99. The molecule has 86 valence electrons. The lowest BCUT2D eigenvalue weighted by atomic mass is 10.1. The maximum atomic E-state index is 13.0. The van der Waals surface area contributed by atoms with Crippen molar-refractivity contribution < 1.29 is 14.3 Å². The van der Waals surface area contributed by atoms with Gasteiger partial charge in [0.2, 0.25) is 5.91 Å². The molecule has 2 rings (SSSR count). The molecule has 0 bridgehead atoms. The first kappa shape index (κ1) is 10.9. The third-order valence-corrected chi connectivity index (χ3v) is 2.94. The zero-order valence-corrected chi connectivity index (χ0v) is 8.87. The first-order chi connectivity index (χ1) is 7.66. The molecular formula is C12H14FNO2. The largest absolute Gasteiger partial charge is 0.505 e. The third-order valence-electron chi connectivity index (χ3n) is 2.94. The average molecular weight is 223 g/mol. The Labute approximate surface area is 93.3 Å². The lowest BCUT2D eigenvalue weighted by Crippen LogP contribution is -2.20. The number of carbonyl (C=O) groups is 1. The number of rotatable bonds is 2. The van der Waals surface area contributed by atoms with E-state index in [0.717, 1.165) is 31.7 Å². The second-order valence-corrected chi connectivity index (χ2v) is 4.14. The van der Waals surface area contributed by atoms with E-state index in [1.165, 1.54) is 12.1 Å². The monoisotopic (exact) mass is 223 g/mol. The summed E-state index contributed by atoms with van der Waals surface area (Å²) in [5, 5.41) is 11.7. The zero-order valence-electron chi connectivity index (χ0n) is 8.87. The van der Waals surface area contributed by atoms with Crippen LogP contribution in [0.25, 0.3) is 0 Å². The highest BCUT2D eigenvalue weighted by Gasteiger charge is 2.22. The van der Waals surface area contributed by atoms with Crippen molar-refractivity contribution in [3.8, 4) is 5.75 Å². The number of amides is 1. The van der Waals surface area contributed by atoms with Crippen LogP contribution in [-0.4, -0.2) is 11.0 Å². The van der Waals surface area contributed by atoms with Gasteiger partial charge in [-0.3, -0.25) is 4.79 Å². The summed E-state index contributed by atoms with van der Waals surface area (Å²) in [5.41, 5.74) is 0.396. The van der Waals surface area contributed by atoms with Crippen molar-refractivity contribution in [1.29, 1.82) is 0 Å². The van der Waals surface area contributed by atoms with Gasteiger partial charge in [0.05, 0.1) is 0 Å².